The maximum Gasteiger partial charge on any atom is 0.166 e. The van der Waals surface area contributed by atoms with Gasteiger partial charge in [0.1, 0.15) is 0 Å². The third-order valence-corrected chi connectivity index (χ3v) is 4.53. The smallest absolute Gasteiger partial charge is 0.166 e. The van der Waals surface area contributed by atoms with Crippen molar-refractivity contribution in [2.75, 3.05) is 7.05 Å². The first kappa shape index (κ1) is 15.0. The number of thiocarbonyl (C=S) groups is 1. The third-order valence-electron chi connectivity index (χ3n) is 3.27. The van der Waals surface area contributed by atoms with Crippen LogP contribution in [0.4, 0.5) is 0 Å². The second kappa shape index (κ2) is 6.86. The highest BCUT2D eigenvalue weighted by Crippen LogP contribution is 2.27. The molecule has 0 spiro atoms. The molecule has 106 valence electrons. The SMILES string of the molecule is CNC(=S)N[C@H](c1ccc(C(C)C)cc1)c1cccs1. The summed E-state index contributed by atoms with van der Waals surface area (Å²) in [6, 6.07) is 13.1. The predicted octanol–water partition coefficient (Wildman–Crippen LogP) is 4.05. The topological polar surface area (TPSA) is 24.1 Å². The summed E-state index contributed by atoms with van der Waals surface area (Å²) >= 11 is 6.99. The van der Waals surface area contributed by atoms with E-state index < -0.39 is 0 Å². The molecule has 0 amide bonds. The lowest BCUT2D eigenvalue weighted by Crippen LogP contribution is -2.35. The van der Waals surface area contributed by atoms with Crippen LogP contribution in [-0.4, -0.2) is 12.2 Å². The van der Waals surface area contributed by atoms with E-state index in [1.165, 1.54) is 16.0 Å². The summed E-state index contributed by atoms with van der Waals surface area (Å²) in [5, 5.41) is 9.10. The molecule has 0 aliphatic heterocycles. The minimum Gasteiger partial charge on any atom is -0.366 e. The van der Waals surface area contributed by atoms with E-state index in [0.717, 1.165) is 0 Å². The molecule has 0 radical (unpaired) electrons. The molecule has 2 N–H and O–H groups in total. The average molecular weight is 304 g/mol. The summed E-state index contributed by atoms with van der Waals surface area (Å²) in [6.45, 7) is 4.42. The van der Waals surface area contributed by atoms with Crippen molar-refractivity contribution in [2.45, 2.75) is 25.8 Å². The van der Waals surface area contributed by atoms with Gasteiger partial charge in [0, 0.05) is 11.9 Å². The zero-order valence-corrected chi connectivity index (χ0v) is 13.6. The van der Waals surface area contributed by atoms with Crippen molar-refractivity contribution < 1.29 is 0 Å². The zero-order valence-electron chi connectivity index (χ0n) is 12.0. The van der Waals surface area contributed by atoms with E-state index in [9.17, 15) is 0 Å². The van der Waals surface area contributed by atoms with Gasteiger partial charge in [0.15, 0.2) is 5.11 Å². The molecule has 1 aromatic heterocycles. The Bertz CT molecular complexity index is 544. The van der Waals surface area contributed by atoms with E-state index in [2.05, 4.69) is 66.3 Å². The van der Waals surface area contributed by atoms with E-state index in [1.807, 2.05) is 7.05 Å². The van der Waals surface area contributed by atoms with Gasteiger partial charge in [-0.15, -0.1) is 11.3 Å². The monoisotopic (exact) mass is 304 g/mol. The first-order valence-electron chi connectivity index (χ1n) is 6.73. The van der Waals surface area contributed by atoms with Gasteiger partial charge in [-0.3, -0.25) is 0 Å². The maximum absolute atomic E-state index is 5.26. The minimum atomic E-state index is 0.108. The Morgan fingerprint density at radius 1 is 1.10 bits per heavy atom. The summed E-state index contributed by atoms with van der Waals surface area (Å²) in [7, 11) is 1.84. The van der Waals surface area contributed by atoms with Crippen LogP contribution in [0.25, 0.3) is 0 Å². The summed E-state index contributed by atoms with van der Waals surface area (Å²) in [5.41, 5.74) is 2.59. The Kier molecular flexibility index (Phi) is 5.15. The molecule has 1 heterocycles. The van der Waals surface area contributed by atoms with Crippen molar-refractivity contribution in [2.24, 2.45) is 0 Å². The van der Waals surface area contributed by atoms with Crippen LogP contribution in [0.15, 0.2) is 41.8 Å². The van der Waals surface area contributed by atoms with Crippen LogP contribution in [0.1, 0.15) is 41.8 Å². The zero-order chi connectivity index (χ0) is 14.5. The van der Waals surface area contributed by atoms with Crippen LogP contribution in [0.3, 0.4) is 0 Å². The summed E-state index contributed by atoms with van der Waals surface area (Å²) in [5.74, 6) is 0.551. The largest absolute Gasteiger partial charge is 0.366 e. The van der Waals surface area contributed by atoms with Crippen molar-refractivity contribution in [3.05, 3.63) is 57.8 Å². The molecule has 0 fully saturated rings. The Balaban J connectivity index is 2.28. The molecule has 2 nitrogen and oxygen atoms in total. The molecule has 0 bridgehead atoms. The van der Waals surface area contributed by atoms with Crippen LogP contribution in [0, 0.1) is 0 Å². The molecule has 4 heteroatoms. The molecular formula is C16H20N2S2. The van der Waals surface area contributed by atoms with Crippen LogP contribution >= 0.6 is 23.6 Å². The molecule has 0 unspecified atom stereocenters. The van der Waals surface area contributed by atoms with Gasteiger partial charge in [-0.25, -0.2) is 0 Å². The second-order valence-corrected chi connectivity index (χ2v) is 6.38. The lowest BCUT2D eigenvalue weighted by Gasteiger charge is -2.20. The van der Waals surface area contributed by atoms with E-state index in [-0.39, 0.29) is 6.04 Å². The number of hydrogen-bond donors (Lipinski definition) is 2. The van der Waals surface area contributed by atoms with Crippen molar-refractivity contribution in [1.29, 1.82) is 0 Å². The van der Waals surface area contributed by atoms with Gasteiger partial charge in [-0.1, -0.05) is 44.2 Å². The number of benzene rings is 1. The van der Waals surface area contributed by atoms with E-state index in [1.54, 1.807) is 11.3 Å². The van der Waals surface area contributed by atoms with Crippen LogP contribution < -0.4 is 10.6 Å². The average Bonchev–Trinajstić information content (AvgIpc) is 2.98. The molecule has 20 heavy (non-hydrogen) atoms. The number of thiophene rings is 1. The summed E-state index contributed by atoms with van der Waals surface area (Å²) in [6.07, 6.45) is 0. The first-order valence-corrected chi connectivity index (χ1v) is 8.02. The fourth-order valence-corrected chi connectivity index (χ4v) is 2.97. The lowest BCUT2D eigenvalue weighted by molar-refractivity contribution is 0.764. The second-order valence-electron chi connectivity index (χ2n) is 4.99. The van der Waals surface area contributed by atoms with E-state index in [0.29, 0.717) is 11.0 Å². The molecule has 0 aliphatic carbocycles. The molecule has 2 rings (SSSR count). The molecular weight excluding hydrogens is 284 g/mol. The number of nitrogens with one attached hydrogen (secondary N) is 2. The number of rotatable bonds is 4. The van der Waals surface area contributed by atoms with Crippen LogP contribution in [0.5, 0.6) is 0 Å². The number of hydrogen-bond acceptors (Lipinski definition) is 2. The maximum atomic E-state index is 5.26. The van der Waals surface area contributed by atoms with E-state index in [4.69, 9.17) is 12.2 Å². The van der Waals surface area contributed by atoms with Crippen LogP contribution in [-0.2, 0) is 0 Å². The van der Waals surface area contributed by atoms with Gasteiger partial charge in [-0.05, 0) is 40.7 Å². The van der Waals surface area contributed by atoms with Gasteiger partial charge >= 0.3 is 0 Å². The minimum absolute atomic E-state index is 0.108. The molecule has 2 aromatic rings. The fourth-order valence-electron chi connectivity index (χ4n) is 2.05. The summed E-state index contributed by atoms with van der Waals surface area (Å²) < 4.78 is 0. The summed E-state index contributed by atoms with van der Waals surface area (Å²) in [4.78, 5) is 1.26. The van der Waals surface area contributed by atoms with Gasteiger partial charge in [-0.2, -0.15) is 0 Å². The van der Waals surface area contributed by atoms with Gasteiger partial charge in [0.25, 0.3) is 0 Å². The van der Waals surface area contributed by atoms with Crippen LogP contribution in [0.2, 0.25) is 0 Å². The van der Waals surface area contributed by atoms with Gasteiger partial charge in [0.05, 0.1) is 6.04 Å². The highest BCUT2D eigenvalue weighted by atomic mass is 32.1. The van der Waals surface area contributed by atoms with Gasteiger partial charge in [0.2, 0.25) is 0 Å². The Labute approximate surface area is 130 Å². The molecule has 1 aromatic carbocycles. The lowest BCUT2D eigenvalue weighted by atomic mass is 9.98. The Morgan fingerprint density at radius 3 is 2.25 bits per heavy atom. The van der Waals surface area contributed by atoms with E-state index >= 15 is 0 Å². The first-order chi connectivity index (χ1) is 9.61. The molecule has 1 atom stereocenters. The van der Waals surface area contributed by atoms with Crippen molar-refractivity contribution in [3.63, 3.8) is 0 Å². The Hall–Kier alpha value is -1.39. The quantitative estimate of drug-likeness (QED) is 0.833. The van der Waals surface area contributed by atoms with Gasteiger partial charge < -0.3 is 10.6 Å². The Morgan fingerprint density at radius 2 is 1.75 bits per heavy atom. The highest BCUT2D eigenvalue weighted by molar-refractivity contribution is 7.80. The standard InChI is InChI=1S/C16H20N2S2/c1-11(2)12-6-8-13(9-7-12)15(18-16(19)17-3)14-5-4-10-20-14/h4-11,15H,1-3H3,(H2,17,18,19)/t15-/m1/s1. The fraction of sp³-hybridized carbons (Fsp3) is 0.312. The third kappa shape index (κ3) is 3.58. The van der Waals surface area contributed by atoms with Crippen molar-refractivity contribution >= 4 is 28.7 Å². The predicted molar refractivity (Wildman–Crippen MR) is 91.5 cm³/mol. The van der Waals surface area contributed by atoms with Crippen molar-refractivity contribution in [3.8, 4) is 0 Å². The van der Waals surface area contributed by atoms with Crippen molar-refractivity contribution in [1.82, 2.24) is 10.6 Å². The highest BCUT2D eigenvalue weighted by Gasteiger charge is 2.16. The molecule has 0 saturated heterocycles. The molecule has 0 aliphatic rings. The normalized spacial score (nSPS) is 12.2. The molecule has 0 saturated carbocycles.